The third-order valence-electron chi connectivity index (χ3n) is 4.55. The maximum absolute atomic E-state index is 13.2. The SMILES string of the molecule is O=C(Nc1ccc2c(c1)OC(F)(F)O2)C1=CCN(c2ncccc2C(F)(F)F)CC1. The largest absolute Gasteiger partial charge is 0.586 e. The average molecular weight is 427 g/mol. The highest BCUT2D eigenvalue weighted by molar-refractivity contribution is 6.04. The quantitative estimate of drug-likeness (QED) is 0.745. The van der Waals surface area contributed by atoms with Gasteiger partial charge in [0, 0.05) is 36.6 Å². The Bertz CT molecular complexity index is 1020. The lowest BCUT2D eigenvalue weighted by atomic mass is 10.1. The summed E-state index contributed by atoms with van der Waals surface area (Å²) in [6.07, 6.45) is -5.33. The van der Waals surface area contributed by atoms with Crippen molar-refractivity contribution < 1.29 is 36.2 Å². The molecule has 0 fully saturated rings. The zero-order chi connectivity index (χ0) is 21.5. The molecule has 0 spiro atoms. The van der Waals surface area contributed by atoms with Crippen LogP contribution in [-0.2, 0) is 11.0 Å². The first kappa shape index (κ1) is 19.9. The van der Waals surface area contributed by atoms with E-state index in [2.05, 4.69) is 19.8 Å². The minimum Gasteiger partial charge on any atom is -0.395 e. The number of pyridine rings is 1. The van der Waals surface area contributed by atoms with Gasteiger partial charge in [-0.1, -0.05) is 6.08 Å². The molecule has 0 saturated heterocycles. The lowest BCUT2D eigenvalue weighted by Crippen LogP contribution is -2.33. The van der Waals surface area contributed by atoms with Gasteiger partial charge in [0.1, 0.15) is 5.82 Å². The fraction of sp³-hybridized carbons (Fsp3) is 0.263. The van der Waals surface area contributed by atoms with Gasteiger partial charge in [0.2, 0.25) is 0 Å². The Balaban J connectivity index is 1.44. The summed E-state index contributed by atoms with van der Waals surface area (Å²) in [6.45, 7) is 0.225. The summed E-state index contributed by atoms with van der Waals surface area (Å²) in [6, 6.07) is 5.99. The molecule has 0 saturated carbocycles. The fourth-order valence-corrected chi connectivity index (χ4v) is 3.18. The molecule has 2 aliphatic rings. The summed E-state index contributed by atoms with van der Waals surface area (Å²) in [5, 5.41) is 2.56. The molecule has 1 amide bonds. The van der Waals surface area contributed by atoms with E-state index >= 15 is 0 Å². The van der Waals surface area contributed by atoms with Crippen LogP contribution in [-0.4, -0.2) is 30.3 Å². The van der Waals surface area contributed by atoms with Gasteiger partial charge in [-0.3, -0.25) is 4.79 Å². The molecule has 11 heteroatoms. The molecule has 2 aromatic rings. The van der Waals surface area contributed by atoms with Gasteiger partial charge in [-0.2, -0.15) is 13.2 Å². The van der Waals surface area contributed by atoms with Crippen molar-refractivity contribution in [3.05, 3.63) is 53.7 Å². The Hall–Kier alpha value is -3.37. The molecule has 30 heavy (non-hydrogen) atoms. The van der Waals surface area contributed by atoms with Crippen molar-refractivity contribution in [2.75, 3.05) is 23.3 Å². The van der Waals surface area contributed by atoms with Crippen molar-refractivity contribution in [1.82, 2.24) is 4.98 Å². The third kappa shape index (κ3) is 4.00. The van der Waals surface area contributed by atoms with Crippen LogP contribution in [0.4, 0.5) is 33.5 Å². The molecule has 4 rings (SSSR count). The number of fused-ring (bicyclic) bond motifs is 1. The highest BCUT2D eigenvalue weighted by Crippen LogP contribution is 2.42. The molecule has 6 nitrogen and oxygen atoms in total. The number of carbonyl (C=O) groups excluding carboxylic acids is 1. The molecular formula is C19H14F5N3O3. The molecular weight excluding hydrogens is 413 g/mol. The van der Waals surface area contributed by atoms with Gasteiger partial charge < -0.3 is 19.7 Å². The number of amides is 1. The molecule has 0 aliphatic carbocycles. The van der Waals surface area contributed by atoms with Crippen LogP contribution < -0.4 is 19.7 Å². The van der Waals surface area contributed by atoms with Gasteiger partial charge in [-0.25, -0.2) is 4.98 Å². The minimum atomic E-state index is -4.54. The summed E-state index contributed by atoms with van der Waals surface area (Å²) in [5.74, 6) is -1.05. The lowest BCUT2D eigenvalue weighted by molar-refractivity contribution is -0.286. The number of benzene rings is 1. The van der Waals surface area contributed by atoms with Gasteiger partial charge in [-0.15, -0.1) is 8.78 Å². The van der Waals surface area contributed by atoms with Crippen LogP contribution in [0.15, 0.2) is 48.2 Å². The number of aromatic nitrogens is 1. The maximum atomic E-state index is 13.2. The smallest absolute Gasteiger partial charge is 0.395 e. The van der Waals surface area contributed by atoms with E-state index in [9.17, 15) is 26.7 Å². The first-order valence-corrected chi connectivity index (χ1v) is 8.80. The molecule has 3 heterocycles. The van der Waals surface area contributed by atoms with Crippen molar-refractivity contribution in [3.63, 3.8) is 0 Å². The van der Waals surface area contributed by atoms with Crippen LogP contribution in [0.1, 0.15) is 12.0 Å². The molecule has 158 valence electrons. The van der Waals surface area contributed by atoms with Gasteiger partial charge in [0.05, 0.1) is 5.56 Å². The minimum absolute atomic E-state index is 0.0657. The maximum Gasteiger partial charge on any atom is 0.586 e. The van der Waals surface area contributed by atoms with Crippen molar-refractivity contribution in [2.24, 2.45) is 0 Å². The second-order valence-corrected chi connectivity index (χ2v) is 6.58. The van der Waals surface area contributed by atoms with Crippen LogP contribution in [0.3, 0.4) is 0 Å². The van der Waals surface area contributed by atoms with Crippen LogP contribution in [0.25, 0.3) is 0 Å². The van der Waals surface area contributed by atoms with Gasteiger partial charge in [0.15, 0.2) is 11.5 Å². The zero-order valence-electron chi connectivity index (χ0n) is 15.2. The van der Waals surface area contributed by atoms with E-state index in [0.29, 0.717) is 5.57 Å². The van der Waals surface area contributed by atoms with E-state index in [0.717, 1.165) is 6.07 Å². The lowest BCUT2D eigenvalue weighted by Gasteiger charge is -2.29. The summed E-state index contributed by atoms with van der Waals surface area (Å²) in [7, 11) is 0. The number of ether oxygens (including phenoxy) is 2. The number of carbonyl (C=O) groups is 1. The van der Waals surface area contributed by atoms with Crippen molar-refractivity contribution in [2.45, 2.75) is 18.9 Å². The Morgan fingerprint density at radius 2 is 1.93 bits per heavy atom. The summed E-state index contributed by atoms with van der Waals surface area (Å²) in [5.41, 5.74) is -0.269. The standard InChI is InChI=1S/C19H14F5N3O3/c20-18(21,22)13-2-1-7-25-16(13)27-8-5-11(6-9-27)17(28)26-12-3-4-14-15(10-12)30-19(23,24)29-14/h1-5,7,10H,6,8-9H2,(H,26,28). The molecule has 1 aromatic heterocycles. The van der Waals surface area contributed by atoms with Crippen LogP contribution in [0.5, 0.6) is 11.5 Å². The van der Waals surface area contributed by atoms with Gasteiger partial charge in [0.25, 0.3) is 5.91 Å². The summed E-state index contributed by atoms with van der Waals surface area (Å²) in [4.78, 5) is 17.7. The van der Waals surface area contributed by atoms with Crippen LogP contribution >= 0.6 is 0 Å². The normalized spacial score (nSPS) is 17.5. The van der Waals surface area contributed by atoms with Crippen LogP contribution in [0, 0.1) is 0 Å². The molecule has 0 bridgehead atoms. The topological polar surface area (TPSA) is 63.7 Å². The number of anilines is 2. The Morgan fingerprint density at radius 1 is 1.17 bits per heavy atom. The van der Waals surface area contributed by atoms with E-state index in [1.165, 1.54) is 41.4 Å². The first-order valence-electron chi connectivity index (χ1n) is 8.80. The molecule has 0 unspecified atom stereocenters. The number of nitrogens with one attached hydrogen (secondary N) is 1. The molecule has 2 aliphatic heterocycles. The highest BCUT2D eigenvalue weighted by atomic mass is 19.4. The van der Waals surface area contributed by atoms with E-state index < -0.39 is 23.9 Å². The highest BCUT2D eigenvalue weighted by Gasteiger charge is 2.43. The number of rotatable bonds is 3. The molecule has 0 radical (unpaired) electrons. The number of hydrogen-bond acceptors (Lipinski definition) is 5. The second-order valence-electron chi connectivity index (χ2n) is 6.58. The van der Waals surface area contributed by atoms with Crippen molar-refractivity contribution >= 4 is 17.4 Å². The second kappa shape index (κ2) is 7.15. The van der Waals surface area contributed by atoms with E-state index in [1.54, 1.807) is 0 Å². The average Bonchev–Trinajstić information content (AvgIpc) is 3.00. The van der Waals surface area contributed by atoms with E-state index in [1.807, 2.05) is 0 Å². The predicted molar refractivity (Wildman–Crippen MR) is 95.4 cm³/mol. The van der Waals surface area contributed by atoms with E-state index in [-0.39, 0.29) is 42.5 Å². The summed E-state index contributed by atoms with van der Waals surface area (Å²) >= 11 is 0. The number of alkyl halides is 5. The number of nitrogens with zero attached hydrogens (tertiary/aromatic N) is 2. The monoisotopic (exact) mass is 427 g/mol. The number of halogens is 5. The van der Waals surface area contributed by atoms with Crippen molar-refractivity contribution in [3.8, 4) is 11.5 Å². The van der Waals surface area contributed by atoms with Crippen LogP contribution in [0.2, 0.25) is 0 Å². The van der Waals surface area contributed by atoms with E-state index in [4.69, 9.17) is 0 Å². The van der Waals surface area contributed by atoms with Gasteiger partial charge >= 0.3 is 12.5 Å². The third-order valence-corrected chi connectivity index (χ3v) is 4.55. The zero-order valence-corrected chi connectivity index (χ0v) is 15.2. The Morgan fingerprint density at radius 3 is 2.63 bits per heavy atom. The number of hydrogen-bond donors (Lipinski definition) is 1. The first-order chi connectivity index (χ1) is 14.1. The fourth-order valence-electron chi connectivity index (χ4n) is 3.18. The Kier molecular flexibility index (Phi) is 4.75. The van der Waals surface area contributed by atoms with Crippen molar-refractivity contribution in [1.29, 1.82) is 0 Å². The van der Waals surface area contributed by atoms with Gasteiger partial charge in [-0.05, 0) is 30.7 Å². The molecule has 1 N–H and O–H groups in total. The molecule has 0 atom stereocenters. The predicted octanol–water partition coefficient (Wildman–Crippen LogP) is 4.20. The summed E-state index contributed by atoms with van der Waals surface area (Å²) < 4.78 is 74.3. The Labute approximate surface area is 166 Å². The molecule has 1 aromatic carbocycles.